The molecule has 0 N–H and O–H groups in total. The minimum atomic E-state index is 0.211. The van der Waals surface area contributed by atoms with Crippen LogP contribution >= 0.6 is 0 Å². The van der Waals surface area contributed by atoms with Crippen LogP contribution in [0.5, 0.6) is 0 Å². The fraction of sp³-hybridized carbons (Fsp3) is 0.375. The highest BCUT2D eigenvalue weighted by molar-refractivity contribution is 5.18. The molecule has 0 saturated heterocycles. The summed E-state index contributed by atoms with van der Waals surface area (Å²) in [6, 6.07) is 10.2. The zero-order valence-corrected chi connectivity index (χ0v) is 11.5. The summed E-state index contributed by atoms with van der Waals surface area (Å²) in [5.41, 5.74) is 1.19. The monoisotopic (exact) mass is 260 g/mol. The van der Waals surface area contributed by atoms with E-state index in [1.807, 2.05) is 18.2 Å². The molecule has 0 aromatic heterocycles. The molecule has 1 aromatic carbocycles. The second-order valence-corrected chi connectivity index (χ2v) is 4.52. The van der Waals surface area contributed by atoms with Gasteiger partial charge in [-0.25, -0.2) is 0 Å². The van der Waals surface area contributed by atoms with Crippen molar-refractivity contribution in [2.45, 2.75) is 13.0 Å². The molecule has 3 heteroatoms. The third kappa shape index (κ3) is 4.14. The molecule has 1 aliphatic rings. The van der Waals surface area contributed by atoms with Gasteiger partial charge in [-0.3, -0.25) is 0 Å². The summed E-state index contributed by atoms with van der Waals surface area (Å²) in [7, 11) is 3.37. The predicted molar refractivity (Wildman–Crippen MR) is 74.4 cm³/mol. The lowest BCUT2D eigenvalue weighted by Crippen LogP contribution is -2.12. The van der Waals surface area contributed by atoms with Crippen LogP contribution in [0.2, 0.25) is 0 Å². The van der Waals surface area contributed by atoms with Gasteiger partial charge in [-0.1, -0.05) is 30.3 Å². The molecule has 0 fully saturated rings. The second-order valence-electron chi connectivity index (χ2n) is 4.52. The number of hydrogen-bond acceptors (Lipinski definition) is 3. The van der Waals surface area contributed by atoms with Crippen LogP contribution < -0.4 is 0 Å². The van der Waals surface area contributed by atoms with Gasteiger partial charge < -0.3 is 14.2 Å². The van der Waals surface area contributed by atoms with Gasteiger partial charge in [0.2, 0.25) is 0 Å². The summed E-state index contributed by atoms with van der Waals surface area (Å²) in [6.45, 7) is 1.26. The van der Waals surface area contributed by atoms with Gasteiger partial charge in [0.25, 0.3) is 0 Å². The van der Waals surface area contributed by atoms with E-state index < -0.39 is 0 Å². The Balaban J connectivity index is 1.86. The molecule has 0 atom stereocenters. The van der Waals surface area contributed by atoms with E-state index in [0.717, 1.165) is 17.9 Å². The van der Waals surface area contributed by atoms with Crippen molar-refractivity contribution in [3.05, 3.63) is 59.6 Å². The molecular weight excluding hydrogens is 240 g/mol. The fourth-order valence-electron chi connectivity index (χ4n) is 2.08. The molecule has 3 nitrogen and oxygen atoms in total. The summed E-state index contributed by atoms with van der Waals surface area (Å²) in [5.74, 6) is 2.09. The topological polar surface area (TPSA) is 27.7 Å². The minimum Gasteiger partial charge on any atom is -0.501 e. The van der Waals surface area contributed by atoms with E-state index in [2.05, 4.69) is 24.3 Å². The van der Waals surface area contributed by atoms with Crippen LogP contribution in [0, 0.1) is 5.92 Å². The Hall–Kier alpha value is -1.74. The van der Waals surface area contributed by atoms with E-state index in [0.29, 0.717) is 13.2 Å². The highest BCUT2D eigenvalue weighted by atomic mass is 16.5. The second kappa shape index (κ2) is 7.00. The highest BCUT2D eigenvalue weighted by Gasteiger charge is 2.15. The van der Waals surface area contributed by atoms with E-state index in [-0.39, 0.29) is 5.92 Å². The first-order valence-corrected chi connectivity index (χ1v) is 6.43. The van der Waals surface area contributed by atoms with Crippen molar-refractivity contribution in [3.8, 4) is 0 Å². The van der Waals surface area contributed by atoms with Crippen LogP contribution in [0.3, 0.4) is 0 Å². The molecule has 0 saturated carbocycles. The summed E-state index contributed by atoms with van der Waals surface area (Å²) < 4.78 is 16.4. The molecule has 0 heterocycles. The third-order valence-electron chi connectivity index (χ3n) is 3.09. The molecule has 0 aliphatic heterocycles. The maximum absolute atomic E-state index is 5.74. The van der Waals surface area contributed by atoms with E-state index in [4.69, 9.17) is 14.2 Å². The molecule has 0 unspecified atom stereocenters. The first-order valence-electron chi connectivity index (χ1n) is 6.43. The van der Waals surface area contributed by atoms with Crippen LogP contribution in [0.15, 0.2) is 54.0 Å². The van der Waals surface area contributed by atoms with Crippen molar-refractivity contribution in [2.75, 3.05) is 20.8 Å². The lowest BCUT2D eigenvalue weighted by Gasteiger charge is -2.19. The Bertz CT molecular complexity index is 428. The average Bonchev–Trinajstić information content (AvgIpc) is 2.48. The number of rotatable bonds is 6. The normalized spacial score (nSPS) is 15.7. The van der Waals surface area contributed by atoms with Crippen molar-refractivity contribution in [2.24, 2.45) is 5.92 Å². The molecule has 1 aliphatic carbocycles. The smallest absolute Gasteiger partial charge is 0.0997 e. The lowest BCUT2D eigenvalue weighted by molar-refractivity contribution is 0.105. The SMILES string of the molecule is COC1=CC(COCc2ccccc2)C=C(OC)C1. The molecule has 1 aromatic rings. The standard InChI is InChI=1S/C16H20O3/c1-17-15-8-14(9-16(10-15)18-2)12-19-11-13-6-4-3-5-7-13/h3-9,14H,10-12H2,1-2H3. The molecule has 19 heavy (non-hydrogen) atoms. The van der Waals surface area contributed by atoms with Gasteiger partial charge in [0.05, 0.1) is 45.4 Å². The average molecular weight is 260 g/mol. The van der Waals surface area contributed by atoms with Crippen LogP contribution in [-0.2, 0) is 20.8 Å². The van der Waals surface area contributed by atoms with Gasteiger partial charge in [-0.05, 0) is 17.7 Å². The Kier molecular flexibility index (Phi) is 5.04. The van der Waals surface area contributed by atoms with Crippen LogP contribution in [-0.4, -0.2) is 20.8 Å². The van der Waals surface area contributed by atoms with Crippen molar-refractivity contribution in [1.82, 2.24) is 0 Å². The number of ether oxygens (including phenoxy) is 3. The number of benzene rings is 1. The Morgan fingerprint density at radius 1 is 1.00 bits per heavy atom. The highest BCUT2D eigenvalue weighted by Crippen LogP contribution is 2.23. The number of hydrogen-bond donors (Lipinski definition) is 0. The van der Waals surface area contributed by atoms with Crippen LogP contribution in [0.4, 0.5) is 0 Å². The fourth-order valence-corrected chi connectivity index (χ4v) is 2.08. The largest absolute Gasteiger partial charge is 0.501 e. The maximum atomic E-state index is 5.74. The van der Waals surface area contributed by atoms with Gasteiger partial charge in [0.1, 0.15) is 0 Å². The third-order valence-corrected chi connectivity index (χ3v) is 3.09. The maximum Gasteiger partial charge on any atom is 0.0997 e. The zero-order chi connectivity index (χ0) is 13.5. The summed E-state index contributed by atoms with van der Waals surface area (Å²) in [4.78, 5) is 0. The van der Waals surface area contributed by atoms with Gasteiger partial charge in [0.15, 0.2) is 0 Å². The first-order chi connectivity index (χ1) is 9.31. The molecule has 102 valence electrons. The zero-order valence-electron chi connectivity index (χ0n) is 11.5. The quantitative estimate of drug-likeness (QED) is 0.785. The van der Waals surface area contributed by atoms with Crippen molar-refractivity contribution in [1.29, 1.82) is 0 Å². The number of methoxy groups -OCH3 is 2. The minimum absolute atomic E-state index is 0.211. The summed E-state index contributed by atoms with van der Waals surface area (Å²) in [6.07, 6.45) is 4.91. The first kappa shape index (κ1) is 13.7. The Morgan fingerprint density at radius 3 is 2.21 bits per heavy atom. The van der Waals surface area contributed by atoms with E-state index in [9.17, 15) is 0 Å². The van der Waals surface area contributed by atoms with Crippen molar-refractivity contribution in [3.63, 3.8) is 0 Å². The van der Waals surface area contributed by atoms with E-state index in [1.165, 1.54) is 5.56 Å². The van der Waals surface area contributed by atoms with Gasteiger partial charge >= 0.3 is 0 Å². The van der Waals surface area contributed by atoms with Crippen molar-refractivity contribution >= 4 is 0 Å². The molecule has 0 bridgehead atoms. The Morgan fingerprint density at radius 2 is 1.63 bits per heavy atom. The van der Waals surface area contributed by atoms with Gasteiger partial charge in [-0.15, -0.1) is 0 Å². The molecule has 0 spiro atoms. The summed E-state index contributed by atoms with van der Waals surface area (Å²) in [5, 5.41) is 0. The summed E-state index contributed by atoms with van der Waals surface area (Å²) >= 11 is 0. The van der Waals surface area contributed by atoms with Gasteiger partial charge in [0, 0.05) is 5.92 Å². The molecule has 0 amide bonds. The van der Waals surface area contributed by atoms with E-state index in [1.54, 1.807) is 14.2 Å². The Labute approximate surface area is 114 Å². The predicted octanol–water partition coefficient (Wildman–Crippen LogP) is 3.28. The van der Waals surface area contributed by atoms with Gasteiger partial charge in [-0.2, -0.15) is 0 Å². The molecule has 0 radical (unpaired) electrons. The van der Waals surface area contributed by atoms with Crippen LogP contribution in [0.1, 0.15) is 12.0 Å². The van der Waals surface area contributed by atoms with Crippen molar-refractivity contribution < 1.29 is 14.2 Å². The lowest BCUT2D eigenvalue weighted by atomic mass is 10.0. The molecular formula is C16H20O3. The van der Waals surface area contributed by atoms with Crippen LogP contribution in [0.25, 0.3) is 0 Å². The molecule has 2 rings (SSSR count). The van der Waals surface area contributed by atoms with E-state index >= 15 is 0 Å².